The maximum atomic E-state index is 12.9. The fourth-order valence-corrected chi connectivity index (χ4v) is 4.80. The van der Waals surface area contributed by atoms with Crippen molar-refractivity contribution in [2.75, 3.05) is 26.2 Å². The van der Waals surface area contributed by atoms with E-state index in [1.54, 1.807) is 21.9 Å². The number of hydrogen-bond acceptors (Lipinski definition) is 5. The summed E-state index contributed by atoms with van der Waals surface area (Å²) in [5.74, 6) is 1.11. The number of amides is 2. The number of rotatable bonds is 5. The summed E-state index contributed by atoms with van der Waals surface area (Å²) < 4.78 is 11.2. The summed E-state index contributed by atoms with van der Waals surface area (Å²) in [6.45, 7) is 8.63. The molecule has 0 aliphatic carbocycles. The Bertz CT molecular complexity index is 1060. The van der Waals surface area contributed by atoms with E-state index < -0.39 is 0 Å². The molecule has 0 atom stereocenters. The molecule has 2 aromatic heterocycles. The number of thiophene rings is 1. The second-order valence-corrected chi connectivity index (χ2v) is 8.81. The highest BCUT2D eigenvalue weighted by atomic mass is 32.1. The normalized spacial score (nSPS) is 14.0. The van der Waals surface area contributed by atoms with Crippen LogP contribution in [-0.2, 0) is 6.61 Å². The largest absolute Gasteiger partial charge is 0.488 e. The summed E-state index contributed by atoms with van der Waals surface area (Å²) >= 11 is 1.44. The fraction of sp³-hybridized carbons (Fsp3) is 0.333. The average molecular weight is 439 g/mol. The van der Waals surface area contributed by atoms with Crippen LogP contribution in [0, 0.1) is 20.8 Å². The van der Waals surface area contributed by atoms with E-state index in [-0.39, 0.29) is 11.8 Å². The molecule has 1 saturated heterocycles. The van der Waals surface area contributed by atoms with Crippen LogP contribution in [0.1, 0.15) is 42.5 Å². The van der Waals surface area contributed by atoms with Crippen molar-refractivity contribution in [3.8, 4) is 5.75 Å². The summed E-state index contributed by atoms with van der Waals surface area (Å²) in [7, 11) is 0. The standard InChI is InChI=1S/C24H26N2O4S/c1-16-11-17(2)22(18(3)12-16)30-14-19-13-21(31-15-19)24(28)26-8-6-25(7-9-26)23(27)20-5-4-10-29-20/h4-5,10-13,15H,6-9,14H2,1-3H3. The van der Waals surface area contributed by atoms with Crippen molar-refractivity contribution < 1.29 is 18.7 Å². The van der Waals surface area contributed by atoms with E-state index in [1.165, 1.54) is 23.2 Å². The maximum Gasteiger partial charge on any atom is 0.289 e. The minimum Gasteiger partial charge on any atom is -0.488 e. The molecule has 0 radical (unpaired) electrons. The molecule has 0 spiro atoms. The van der Waals surface area contributed by atoms with Crippen LogP contribution in [0.25, 0.3) is 0 Å². The van der Waals surface area contributed by atoms with Crippen LogP contribution in [0.5, 0.6) is 5.75 Å². The Morgan fingerprint density at radius 3 is 2.26 bits per heavy atom. The molecule has 7 heteroatoms. The van der Waals surface area contributed by atoms with Crippen molar-refractivity contribution in [2.24, 2.45) is 0 Å². The molecule has 2 amide bonds. The van der Waals surface area contributed by atoms with Gasteiger partial charge in [-0.05, 0) is 55.5 Å². The first-order valence-electron chi connectivity index (χ1n) is 10.3. The second kappa shape index (κ2) is 8.98. The van der Waals surface area contributed by atoms with Gasteiger partial charge in [0.2, 0.25) is 0 Å². The molecule has 0 N–H and O–H groups in total. The van der Waals surface area contributed by atoms with E-state index in [9.17, 15) is 9.59 Å². The molecule has 31 heavy (non-hydrogen) atoms. The zero-order valence-corrected chi connectivity index (χ0v) is 18.8. The second-order valence-electron chi connectivity index (χ2n) is 7.90. The van der Waals surface area contributed by atoms with Crippen LogP contribution in [0.3, 0.4) is 0 Å². The topological polar surface area (TPSA) is 63.0 Å². The molecule has 1 aliphatic heterocycles. The van der Waals surface area contributed by atoms with E-state index in [1.807, 2.05) is 25.3 Å². The lowest BCUT2D eigenvalue weighted by Gasteiger charge is -2.34. The molecule has 0 unspecified atom stereocenters. The molecule has 162 valence electrons. The number of piperazine rings is 1. The molecule has 3 heterocycles. The number of carbonyl (C=O) groups excluding carboxylic acids is 2. The maximum absolute atomic E-state index is 12.9. The van der Waals surface area contributed by atoms with Gasteiger partial charge in [-0.3, -0.25) is 9.59 Å². The number of nitrogens with zero attached hydrogens (tertiary/aromatic N) is 2. The van der Waals surface area contributed by atoms with Gasteiger partial charge in [0.15, 0.2) is 5.76 Å². The fourth-order valence-electron chi connectivity index (χ4n) is 3.94. The lowest BCUT2D eigenvalue weighted by Crippen LogP contribution is -2.50. The van der Waals surface area contributed by atoms with Crippen LogP contribution in [0.2, 0.25) is 0 Å². The molecule has 3 aromatic rings. The number of carbonyl (C=O) groups is 2. The van der Waals surface area contributed by atoms with Gasteiger partial charge < -0.3 is 19.0 Å². The van der Waals surface area contributed by atoms with E-state index >= 15 is 0 Å². The first kappa shape index (κ1) is 21.2. The van der Waals surface area contributed by atoms with E-state index in [0.29, 0.717) is 43.4 Å². The quantitative estimate of drug-likeness (QED) is 0.591. The summed E-state index contributed by atoms with van der Waals surface area (Å²) in [5, 5.41) is 1.97. The van der Waals surface area contributed by atoms with Crippen LogP contribution >= 0.6 is 11.3 Å². The molecule has 1 fully saturated rings. The molecular weight excluding hydrogens is 412 g/mol. The SMILES string of the molecule is Cc1cc(C)c(OCc2csc(C(=O)N3CCN(C(=O)c4ccco4)CC3)c2)c(C)c1. The van der Waals surface area contributed by atoms with Crippen molar-refractivity contribution in [1.29, 1.82) is 0 Å². The van der Waals surface area contributed by atoms with E-state index in [0.717, 1.165) is 22.4 Å². The van der Waals surface area contributed by atoms with E-state index in [4.69, 9.17) is 9.15 Å². The molecule has 0 bridgehead atoms. The van der Waals surface area contributed by atoms with Gasteiger partial charge in [0.25, 0.3) is 11.8 Å². The van der Waals surface area contributed by atoms with Crippen LogP contribution in [0.15, 0.2) is 46.4 Å². The Hall–Kier alpha value is -3.06. The smallest absolute Gasteiger partial charge is 0.289 e. The Morgan fingerprint density at radius 2 is 1.65 bits per heavy atom. The van der Waals surface area contributed by atoms with Gasteiger partial charge in [-0.25, -0.2) is 0 Å². The summed E-state index contributed by atoms with van der Waals surface area (Å²) in [6, 6.07) is 9.50. The number of benzene rings is 1. The van der Waals surface area contributed by atoms with Crippen molar-refractivity contribution in [3.63, 3.8) is 0 Å². The first-order valence-corrected chi connectivity index (χ1v) is 11.2. The zero-order valence-electron chi connectivity index (χ0n) is 18.0. The van der Waals surface area contributed by atoms with Crippen LogP contribution in [-0.4, -0.2) is 47.8 Å². The lowest BCUT2D eigenvalue weighted by atomic mass is 10.1. The number of ether oxygens (including phenoxy) is 1. The van der Waals surface area contributed by atoms with Gasteiger partial charge in [-0.15, -0.1) is 11.3 Å². The Kier molecular flexibility index (Phi) is 6.13. The predicted octanol–water partition coefficient (Wildman–Crippen LogP) is 4.44. The highest BCUT2D eigenvalue weighted by molar-refractivity contribution is 7.12. The first-order chi connectivity index (χ1) is 14.9. The summed E-state index contributed by atoms with van der Waals surface area (Å²) in [5.41, 5.74) is 4.44. The summed E-state index contributed by atoms with van der Waals surface area (Å²) in [4.78, 5) is 29.5. The predicted molar refractivity (Wildman–Crippen MR) is 120 cm³/mol. The van der Waals surface area contributed by atoms with Crippen molar-refractivity contribution in [3.05, 3.63) is 74.9 Å². The highest BCUT2D eigenvalue weighted by Gasteiger charge is 2.27. The third-order valence-corrected chi connectivity index (χ3v) is 6.41. The van der Waals surface area contributed by atoms with Crippen molar-refractivity contribution in [1.82, 2.24) is 9.80 Å². The Balaban J connectivity index is 1.33. The summed E-state index contributed by atoms with van der Waals surface area (Å²) in [6.07, 6.45) is 1.49. The third kappa shape index (κ3) is 4.66. The van der Waals surface area contributed by atoms with Gasteiger partial charge in [0, 0.05) is 31.7 Å². The minimum atomic E-state index is -0.130. The van der Waals surface area contributed by atoms with Crippen LogP contribution < -0.4 is 4.74 Å². The monoisotopic (exact) mass is 438 g/mol. The molecular formula is C24H26N2O4S. The third-order valence-electron chi connectivity index (χ3n) is 5.44. The molecule has 1 aliphatic rings. The average Bonchev–Trinajstić information content (AvgIpc) is 3.44. The van der Waals surface area contributed by atoms with Gasteiger partial charge in [0.1, 0.15) is 12.4 Å². The van der Waals surface area contributed by atoms with Crippen LogP contribution in [0.4, 0.5) is 0 Å². The zero-order chi connectivity index (χ0) is 22.0. The van der Waals surface area contributed by atoms with Gasteiger partial charge in [0.05, 0.1) is 11.1 Å². The van der Waals surface area contributed by atoms with Crippen molar-refractivity contribution in [2.45, 2.75) is 27.4 Å². The van der Waals surface area contributed by atoms with Gasteiger partial charge in [-0.2, -0.15) is 0 Å². The minimum absolute atomic E-state index is 0.00375. The number of furan rings is 1. The Labute approximate surface area is 186 Å². The molecule has 6 nitrogen and oxygen atoms in total. The number of aryl methyl sites for hydroxylation is 3. The molecule has 4 rings (SSSR count). The van der Waals surface area contributed by atoms with Gasteiger partial charge in [-0.1, -0.05) is 17.7 Å². The molecule has 1 aromatic carbocycles. The highest BCUT2D eigenvalue weighted by Crippen LogP contribution is 2.26. The van der Waals surface area contributed by atoms with Crippen molar-refractivity contribution >= 4 is 23.2 Å². The molecule has 0 saturated carbocycles. The van der Waals surface area contributed by atoms with E-state index in [2.05, 4.69) is 19.1 Å². The lowest BCUT2D eigenvalue weighted by molar-refractivity contribution is 0.0520. The number of hydrogen-bond donors (Lipinski definition) is 0. The van der Waals surface area contributed by atoms with Gasteiger partial charge >= 0.3 is 0 Å². The Morgan fingerprint density at radius 1 is 1.00 bits per heavy atom.